The number of rotatable bonds is 6. The summed E-state index contributed by atoms with van der Waals surface area (Å²) >= 11 is 0. The molecule has 0 unspecified atom stereocenters. The van der Waals surface area contributed by atoms with Crippen LogP contribution in [0.15, 0.2) is 49.1 Å². The second-order valence-electron chi connectivity index (χ2n) is 6.53. The molecule has 0 aliphatic heterocycles. The third-order valence-electron chi connectivity index (χ3n) is 4.20. The van der Waals surface area contributed by atoms with Gasteiger partial charge in [0.1, 0.15) is 5.82 Å². The summed E-state index contributed by atoms with van der Waals surface area (Å²) in [6.45, 7) is 2.09. The Bertz CT molecular complexity index is 1190. The van der Waals surface area contributed by atoms with E-state index < -0.39 is 23.8 Å². The Balaban J connectivity index is 2.07. The summed E-state index contributed by atoms with van der Waals surface area (Å²) in [6, 6.07) is 3.28. The number of hydrogen-bond acceptors (Lipinski definition) is 6. The molecule has 3 aromatic heterocycles. The van der Waals surface area contributed by atoms with E-state index >= 15 is 0 Å². The van der Waals surface area contributed by atoms with Crippen LogP contribution in [0.5, 0.6) is 0 Å². The standard InChI is InChI=1S/C20H18F3N7O3/c1-2-25-19(32)27-17-8-15(30-6-5-16(28-30)20(21,22)23)14(11-26-17)13-7-12(9-24-10-13)3-4-18(31)29-33/h3-11,33H,2H2,1H3,(H,29,31)(H2,25,26,27,32)/b4-3+. The van der Waals surface area contributed by atoms with Crippen LogP contribution in [0, 0.1) is 0 Å². The number of nitrogens with zero attached hydrogens (tertiary/aromatic N) is 4. The van der Waals surface area contributed by atoms with Gasteiger partial charge < -0.3 is 5.32 Å². The van der Waals surface area contributed by atoms with Crippen molar-refractivity contribution in [2.75, 3.05) is 11.9 Å². The molecule has 0 saturated carbocycles. The zero-order chi connectivity index (χ0) is 24.0. The average Bonchev–Trinajstić information content (AvgIpc) is 3.29. The summed E-state index contributed by atoms with van der Waals surface area (Å²) in [5.74, 6) is -0.660. The van der Waals surface area contributed by atoms with Crippen molar-refractivity contribution < 1.29 is 28.0 Å². The van der Waals surface area contributed by atoms with Gasteiger partial charge in [0.15, 0.2) is 5.69 Å². The van der Waals surface area contributed by atoms with E-state index in [4.69, 9.17) is 5.21 Å². The predicted molar refractivity (Wildman–Crippen MR) is 111 cm³/mol. The van der Waals surface area contributed by atoms with Crippen LogP contribution in [-0.4, -0.2) is 43.4 Å². The molecule has 3 rings (SSSR count). The third-order valence-corrected chi connectivity index (χ3v) is 4.20. The minimum Gasteiger partial charge on any atom is -0.338 e. The molecule has 3 amide bonds. The molecule has 0 radical (unpaired) electrons. The second kappa shape index (κ2) is 9.91. The van der Waals surface area contributed by atoms with Crippen molar-refractivity contribution in [3.63, 3.8) is 0 Å². The summed E-state index contributed by atoms with van der Waals surface area (Å²) in [7, 11) is 0. The average molecular weight is 461 g/mol. The fraction of sp³-hybridized carbons (Fsp3) is 0.150. The molecular weight excluding hydrogens is 443 g/mol. The number of amides is 3. The van der Waals surface area contributed by atoms with Crippen molar-refractivity contribution in [3.05, 3.63) is 60.3 Å². The normalized spacial score (nSPS) is 11.4. The monoisotopic (exact) mass is 461 g/mol. The maximum absolute atomic E-state index is 13.1. The molecule has 4 N–H and O–H groups in total. The van der Waals surface area contributed by atoms with E-state index in [9.17, 15) is 22.8 Å². The van der Waals surface area contributed by atoms with Gasteiger partial charge in [-0.3, -0.25) is 20.3 Å². The maximum atomic E-state index is 13.1. The second-order valence-corrected chi connectivity index (χ2v) is 6.53. The van der Waals surface area contributed by atoms with Gasteiger partial charge in [0.25, 0.3) is 5.91 Å². The fourth-order valence-electron chi connectivity index (χ4n) is 2.76. The maximum Gasteiger partial charge on any atom is 0.435 e. The van der Waals surface area contributed by atoms with Crippen molar-refractivity contribution in [3.8, 4) is 16.8 Å². The van der Waals surface area contributed by atoms with Gasteiger partial charge in [0, 0.05) is 54.6 Å². The lowest BCUT2D eigenvalue weighted by atomic mass is 10.1. The molecule has 0 aliphatic carbocycles. The molecule has 172 valence electrons. The van der Waals surface area contributed by atoms with E-state index in [0.29, 0.717) is 23.2 Å². The highest BCUT2D eigenvalue weighted by atomic mass is 19.4. The lowest BCUT2D eigenvalue weighted by molar-refractivity contribution is -0.141. The van der Waals surface area contributed by atoms with E-state index in [1.807, 2.05) is 0 Å². The number of halogens is 3. The minimum absolute atomic E-state index is 0.0902. The zero-order valence-corrected chi connectivity index (χ0v) is 17.1. The number of hydrogen-bond donors (Lipinski definition) is 4. The van der Waals surface area contributed by atoms with Crippen molar-refractivity contribution in [1.29, 1.82) is 0 Å². The van der Waals surface area contributed by atoms with Crippen LogP contribution >= 0.6 is 0 Å². The molecule has 0 fully saturated rings. The number of nitrogens with one attached hydrogen (secondary N) is 3. The van der Waals surface area contributed by atoms with Gasteiger partial charge in [-0.05, 0) is 30.7 Å². The van der Waals surface area contributed by atoms with Gasteiger partial charge in [-0.2, -0.15) is 18.3 Å². The summed E-state index contributed by atoms with van der Waals surface area (Å²) < 4.78 is 40.3. The Labute approximate surface area is 185 Å². The summed E-state index contributed by atoms with van der Waals surface area (Å²) in [4.78, 5) is 31.3. The lowest BCUT2D eigenvalue weighted by Crippen LogP contribution is -2.28. The molecule has 13 heteroatoms. The Morgan fingerprint density at radius 3 is 2.67 bits per heavy atom. The number of anilines is 1. The first kappa shape index (κ1) is 23.4. The number of pyridine rings is 2. The number of carbonyl (C=O) groups is 2. The van der Waals surface area contributed by atoms with Crippen LogP contribution < -0.4 is 16.1 Å². The van der Waals surface area contributed by atoms with Crippen molar-refractivity contribution >= 4 is 23.8 Å². The fourth-order valence-corrected chi connectivity index (χ4v) is 2.76. The highest BCUT2D eigenvalue weighted by Gasteiger charge is 2.33. The molecule has 3 aromatic rings. The van der Waals surface area contributed by atoms with E-state index in [-0.39, 0.29) is 11.5 Å². The summed E-state index contributed by atoms with van der Waals surface area (Å²) in [5.41, 5.74) is 1.86. The Kier molecular flexibility index (Phi) is 7.03. The molecule has 33 heavy (non-hydrogen) atoms. The Morgan fingerprint density at radius 2 is 2.00 bits per heavy atom. The minimum atomic E-state index is -4.64. The van der Waals surface area contributed by atoms with Crippen LogP contribution in [0.1, 0.15) is 18.2 Å². The number of carbonyl (C=O) groups excluding carboxylic acids is 2. The third kappa shape index (κ3) is 5.92. The summed E-state index contributed by atoms with van der Waals surface area (Å²) in [5, 5.41) is 17.2. The molecule has 3 heterocycles. The highest BCUT2D eigenvalue weighted by Crippen LogP contribution is 2.31. The van der Waals surface area contributed by atoms with Gasteiger partial charge in [-0.25, -0.2) is 19.9 Å². The molecule has 0 aromatic carbocycles. The van der Waals surface area contributed by atoms with E-state index in [0.717, 1.165) is 23.0 Å². The number of hydroxylamine groups is 1. The van der Waals surface area contributed by atoms with Crippen molar-refractivity contribution in [1.82, 2.24) is 30.5 Å². The van der Waals surface area contributed by atoms with Crippen LogP contribution in [0.2, 0.25) is 0 Å². The van der Waals surface area contributed by atoms with E-state index in [1.54, 1.807) is 13.0 Å². The first-order valence-electron chi connectivity index (χ1n) is 9.47. The van der Waals surface area contributed by atoms with E-state index in [2.05, 4.69) is 25.7 Å². The largest absolute Gasteiger partial charge is 0.435 e. The van der Waals surface area contributed by atoms with Crippen molar-refractivity contribution in [2.24, 2.45) is 0 Å². The van der Waals surface area contributed by atoms with Gasteiger partial charge in [-0.15, -0.1) is 0 Å². The molecular formula is C20H18F3N7O3. The first-order chi connectivity index (χ1) is 15.7. The molecule has 10 nitrogen and oxygen atoms in total. The number of aromatic nitrogens is 4. The Morgan fingerprint density at radius 1 is 1.21 bits per heavy atom. The van der Waals surface area contributed by atoms with Gasteiger partial charge in [0.2, 0.25) is 0 Å². The number of alkyl halides is 3. The van der Waals surface area contributed by atoms with Crippen LogP contribution in [-0.2, 0) is 11.0 Å². The van der Waals surface area contributed by atoms with Crippen LogP contribution in [0.3, 0.4) is 0 Å². The van der Waals surface area contributed by atoms with Crippen LogP contribution in [0.4, 0.5) is 23.8 Å². The van der Waals surface area contributed by atoms with Gasteiger partial charge in [0.05, 0.1) is 5.69 Å². The summed E-state index contributed by atoms with van der Waals surface area (Å²) in [6.07, 6.45) is 3.21. The SMILES string of the molecule is CCNC(=O)Nc1cc(-n2ccc(C(F)(F)F)n2)c(-c2cncc(/C=C/C(=O)NO)c2)cn1. The Hall–Kier alpha value is -4.26. The topological polar surface area (TPSA) is 134 Å². The predicted octanol–water partition coefficient (Wildman–Crippen LogP) is 3.01. The van der Waals surface area contributed by atoms with Crippen molar-refractivity contribution in [2.45, 2.75) is 13.1 Å². The molecule has 0 atom stereocenters. The van der Waals surface area contributed by atoms with Gasteiger partial charge in [-0.1, -0.05) is 0 Å². The van der Waals surface area contributed by atoms with Gasteiger partial charge >= 0.3 is 12.2 Å². The molecule has 0 bridgehead atoms. The smallest absolute Gasteiger partial charge is 0.338 e. The molecule has 0 spiro atoms. The lowest BCUT2D eigenvalue weighted by Gasteiger charge is -2.13. The zero-order valence-electron chi connectivity index (χ0n) is 17.1. The molecule has 0 saturated heterocycles. The molecule has 0 aliphatic rings. The highest BCUT2D eigenvalue weighted by molar-refractivity contribution is 5.91. The van der Waals surface area contributed by atoms with E-state index in [1.165, 1.54) is 36.2 Å². The van der Waals surface area contributed by atoms with Crippen LogP contribution in [0.25, 0.3) is 22.9 Å². The quantitative estimate of drug-likeness (QED) is 0.253. The first-order valence-corrected chi connectivity index (χ1v) is 9.47. The number of urea groups is 1.